The third-order valence-electron chi connectivity index (χ3n) is 4.83. The first-order valence-corrected chi connectivity index (χ1v) is 9.02. The van der Waals surface area contributed by atoms with Crippen LogP contribution >= 0.6 is 0 Å². The molecule has 1 aliphatic rings. The van der Waals surface area contributed by atoms with Crippen molar-refractivity contribution in [1.82, 2.24) is 4.90 Å². The van der Waals surface area contributed by atoms with Crippen molar-refractivity contribution >= 4 is 23.2 Å². The summed E-state index contributed by atoms with van der Waals surface area (Å²) in [6.07, 6.45) is 2.11. The van der Waals surface area contributed by atoms with Gasteiger partial charge in [-0.25, -0.2) is 0 Å². The fourth-order valence-electron chi connectivity index (χ4n) is 3.25. The molecule has 0 bridgehead atoms. The average molecular weight is 351 g/mol. The minimum atomic E-state index is -0.0565. The molecule has 1 fully saturated rings. The number of nitrogens with zero attached hydrogens (tertiary/aromatic N) is 2. The number of nitrogens with one attached hydrogen (secondary N) is 1. The molecule has 5 heteroatoms. The van der Waals surface area contributed by atoms with Crippen molar-refractivity contribution in [3.05, 3.63) is 59.7 Å². The summed E-state index contributed by atoms with van der Waals surface area (Å²) >= 11 is 0. The van der Waals surface area contributed by atoms with E-state index >= 15 is 0 Å². The van der Waals surface area contributed by atoms with Gasteiger partial charge in [0.2, 0.25) is 5.91 Å². The Kier molecular flexibility index (Phi) is 5.56. The van der Waals surface area contributed by atoms with Gasteiger partial charge in [0, 0.05) is 25.8 Å². The van der Waals surface area contributed by atoms with Gasteiger partial charge in [-0.05, 0) is 43.5 Å². The van der Waals surface area contributed by atoms with Crippen molar-refractivity contribution < 1.29 is 9.59 Å². The lowest BCUT2D eigenvalue weighted by Crippen LogP contribution is -2.33. The normalized spacial score (nSPS) is 13.5. The van der Waals surface area contributed by atoms with E-state index in [0.717, 1.165) is 42.9 Å². The molecule has 1 aliphatic heterocycles. The zero-order valence-electron chi connectivity index (χ0n) is 15.4. The second-order valence-corrected chi connectivity index (χ2v) is 6.64. The van der Waals surface area contributed by atoms with Gasteiger partial charge in [0.15, 0.2) is 0 Å². The lowest BCUT2D eigenvalue weighted by atomic mass is 10.1. The number of carbonyl (C=O) groups excluding carboxylic acids is 2. The van der Waals surface area contributed by atoms with Crippen molar-refractivity contribution in [3.63, 3.8) is 0 Å². The number of anilines is 2. The van der Waals surface area contributed by atoms with E-state index in [9.17, 15) is 9.59 Å². The van der Waals surface area contributed by atoms with E-state index in [0.29, 0.717) is 5.56 Å². The van der Waals surface area contributed by atoms with Crippen LogP contribution in [0.1, 0.15) is 28.8 Å². The molecule has 136 valence electrons. The van der Waals surface area contributed by atoms with E-state index in [2.05, 4.69) is 5.32 Å². The minimum Gasteiger partial charge on any atom is -0.375 e. The maximum absolute atomic E-state index is 12.8. The highest BCUT2D eigenvalue weighted by atomic mass is 16.2. The first kappa shape index (κ1) is 18.0. The highest BCUT2D eigenvalue weighted by Gasteiger charge is 2.23. The molecule has 26 heavy (non-hydrogen) atoms. The molecular weight excluding hydrogens is 326 g/mol. The predicted octanol–water partition coefficient (Wildman–Crippen LogP) is 3.31. The van der Waals surface area contributed by atoms with Gasteiger partial charge in [-0.2, -0.15) is 0 Å². The van der Waals surface area contributed by atoms with Gasteiger partial charge < -0.3 is 15.1 Å². The Hall–Kier alpha value is -2.82. The van der Waals surface area contributed by atoms with Crippen molar-refractivity contribution in [3.8, 4) is 0 Å². The van der Waals surface area contributed by atoms with Crippen LogP contribution in [-0.2, 0) is 4.79 Å². The Morgan fingerprint density at radius 1 is 1.04 bits per heavy atom. The molecular formula is C21H25N3O2. The number of carbonyl (C=O) groups is 2. The minimum absolute atomic E-state index is 0.0394. The number of amides is 2. The molecule has 0 saturated carbocycles. The Balaban J connectivity index is 1.73. The molecule has 1 saturated heterocycles. The van der Waals surface area contributed by atoms with Crippen molar-refractivity contribution in [2.75, 3.05) is 36.9 Å². The molecule has 0 aromatic heterocycles. The summed E-state index contributed by atoms with van der Waals surface area (Å²) in [5.74, 6) is -0.0170. The second-order valence-electron chi connectivity index (χ2n) is 6.64. The summed E-state index contributed by atoms with van der Waals surface area (Å²) < 4.78 is 0. The van der Waals surface area contributed by atoms with Crippen molar-refractivity contribution in [1.29, 1.82) is 0 Å². The number of hydrogen-bond acceptors (Lipinski definition) is 3. The summed E-state index contributed by atoms with van der Waals surface area (Å²) in [5.41, 5.74) is 3.20. The quantitative estimate of drug-likeness (QED) is 0.899. The van der Waals surface area contributed by atoms with Crippen molar-refractivity contribution in [2.45, 2.75) is 19.8 Å². The molecule has 1 N–H and O–H groups in total. The highest BCUT2D eigenvalue weighted by Crippen LogP contribution is 2.24. The smallest absolute Gasteiger partial charge is 0.255 e. The standard InChI is InChI=1S/C21H25N3O2/c1-16-9-8-12-18(21(26)24-13-6-7-14-24)20(16)22-15-19(25)23(2)17-10-4-3-5-11-17/h3-5,8-12,22H,6-7,13-15H2,1-2H3. The van der Waals surface area contributed by atoms with Gasteiger partial charge in [-0.3, -0.25) is 9.59 Å². The van der Waals surface area contributed by atoms with E-state index < -0.39 is 0 Å². The van der Waals surface area contributed by atoms with Crippen LogP contribution in [0.3, 0.4) is 0 Å². The van der Waals surface area contributed by atoms with Gasteiger partial charge in [0.05, 0.1) is 17.8 Å². The molecule has 1 heterocycles. The number of aryl methyl sites for hydroxylation is 1. The lowest BCUT2D eigenvalue weighted by Gasteiger charge is -2.21. The Bertz CT molecular complexity index is 783. The lowest BCUT2D eigenvalue weighted by molar-refractivity contribution is -0.116. The van der Waals surface area contributed by atoms with Gasteiger partial charge in [0.25, 0.3) is 5.91 Å². The average Bonchev–Trinajstić information content (AvgIpc) is 3.21. The number of likely N-dealkylation sites (N-methyl/N-ethyl adjacent to an activating group) is 1. The topological polar surface area (TPSA) is 52.7 Å². The van der Waals surface area contributed by atoms with Gasteiger partial charge in [-0.15, -0.1) is 0 Å². The first-order chi connectivity index (χ1) is 12.6. The molecule has 0 atom stereocenters. The molecule has 2 aromatic carbocycles. The Morgan fingerprint density at radius 2 is 1.73 bits per heavy atom. The molecule has 2 amide bonds. The molecule has 0 spiro atoms. The summed E-state index contributed by atoms with van der Waals surface area (Å²) in [6.45, 7) is 3.70. The number of rotatable bonds is 5. The van der Waals surface area contributed by atoms with E-state index in [-0.39, 0.29) is 18.4 Å². The van der Waals surface area contributed by atoms with Crippen LogP contribution in [-0.4, -0.2) is 43.4 Å². The number of likely N-dealkylation sites (tertiary alicyclic amines) is 1. The summed E-state index contributed by atoms with van der Waals surface area (Å²) in [5, 5.41) is 3.20. The predicted molar refractivity (Wildman–Crippen MR) is 105 cm³/mol. The third-order valence-corrected chi connectivity index (χ3v) is 4.83. The van der Waals surface area contributed by atoms with Crippen LogP contribution in [0.25, 0.3) is 0 Å². The Labute approximate surface area is 154 Å². The van der Waals surface area contributed by atoms with Crippen LogP contribution in [0.4, 0.5) is 11.4 Å². The van der Waals surface area contributed by atoms with E-state index in [4.69, 9.17) is 0 Å². The number of benzene rings is 2. The largest absolute Gasteiger partial charge is 0.375 e. The fraction of sp³-hybridized carbons (Fsp3) is 0.333. The fourth-order valence-corrected chi connectivity index (χ4v) is 3.25. The van der Waals surface area contributed by atoms with Crippen LogP contribution < -0.4 is 10.2 Å². The van der Waals surface area contributed by atoms with Crippen LogP contribution in [0.2, 0.25) is 0 Å². The maximum Gasteiger partial charge on any atom is 0.255 e. The van der Waals surface area contributed by atoms with Crippen LogP contribution in [0.15, 0.2) is 48.5 Å². The van der Waals surface area contributed by atoms with Gasteiger partial charge in [-0.1, -0.05) is 30.3 Å². The Morgan fingerprint density at radius 3 is 2.42 bits per heavy atom. The number of para-hydroxylation sites is 2. The molecule has 0 aliphatic carbocycles. The van der Waals surface area contributed by atoms with E-state index in [1.165, 1.54) is 0 Å². The first-order valence-electron chi connectivity index (χ1n) is 9.02. The van der Waals surface area contributed by atoms with Crippen LogP contribution in [0, 0.1) is 6.92 Å². The van der Waals surface area contributed by atoms with Crippen molar-refractivity contribution in [2.24, 2.45) is 0 Å². The number of hydrogen-bond donors (Lipinski definition) is 1. The summed E-state index contributed by atoms with van der Waals surface area (Å²) in [6, 6.07) is 15.2. The highest BCUT2D eigenvalue weighted by molar-refractivity contribution is 6.02. The second kappa shape index (κ2) is 8.04. The zero-order chi connectivity index (χ0) is 18.5. The monoisotopic (exact) mass is 351 g/mol. The zero-order valence-corrected chi connectivity index (χ0v) is 15.4. The third kappa shape index (κ3) is 3.87. The van der Waals surface area contributed by atoms with E-state index in [1.807, 2.05) is 60.4 Å². The summed E-state index contributed by atoms with van der Waals surface area (Å²) in [4.78, 5) is 28.8. The van der Waals surface area contributed by atoms with E-state index in [1.54, 1.807) is 11.9 Å². The summed E-state index contributed by atoms with van der Waals surface area (Å²) in [7, 11) is 1.76. The SMILES string of the molecule is Cc1cccc(C(=O)N2CCCC2)c1NCC(=O)N(C)c1ccccc1. The van der Waals surface area contributed by atoms with Crippen LogP contribution in [0.5, 0.6) is 0 Å². The molecule has 5 nitrogen and oxygen atoms in total. The maximum atomic E-state index is 12.8. The molecule has 3 rings (SSSR count). The molecule has 0 radical (unpaired) electrons. The molecule has 0 unspecified atom stereocenters. The van der Waals surface area contributed by atoms with Gasteiger partial charge >= 0.3 is 0 Å². The van der Waals surface area contributed by atoms with Gasteiger partial charge in [0.1, 0.15) is 0 Å². The molecule has 2 aromatic rings.